The molecular weight excluding hydrogens is 196 g/mol. The minimum absolute atomic E-state index is 0.204. The van der Waals surface area contributed by atoms with E-state index < -0.39 is 5.91 Å². The topological polar surface area (TPSA) is 94.0 Å². The smallest absolute Gasteiger partial charge is 0.306 e. The number of allylic oxidation sites excluding steroid dienone is 4. The van der Waals surface area contributed by atoms with Gasteiger partial charge in [0.1, 0.15) is 5.70 Å². The van der Waals surface area contributed by atoms with Crippen LogP contribution in [0.1, 0.15) is 16.6 Å². The second-order valence-corrected chi connectivity index (χ2v) is 2.75. The zero-order valence-electron chi connectivity index (χ0n) is 7.68. The van der Waals surface area contributed by atoms with Crippen molar-refractivity contribution in [2.45, 2.75) is 0 Å². The standard InChI is InChI=1S/C9H8N4O2/c10-7(14)9-13-12-8(15-9)6-4-2-1-3-5-11-6/h1-5,11H,(H2,10,14). The van der Waals surface area contributed by atoms with Crippen molar-refractivity contribution < 1.29 is 9.21 Å². The van der Waals surface area contributed by atoms with Gasteiger partial charge < -0.3 is 15.5 Å². The van der Waals surface area contributed by atoms with Crippen LogP contribution in [0.2, 0.25) is 0 Å². The molecule has 15 heavy (non-hydrogen) atoms. The van der Waals surface area contributed by atoms with Crippen LogP contribution >= 0.6 is 0 Å². The third-order valence-corrected chi connectivity index (χ3v) is 1.69. The molecule has 0 aromatic carbocycles. The van der Waals surface area contributed by atoms with Gasteiger partial charge in [0.25, 0.3) is 5.89 Å². The normalized spacial score (nSPS) is 14.3. The highest BCUT2D eigenvalue weighted by Crippen LogP contribution is 2.11. The van der Waals surface area contributed by atoms with Crippen molar-refractivity contribution in [2.24, 2.45) is 5.73 Å². The summed E-state index contributed by atoms with van der Waals surface area (Å²) in [6, 6.07) is 0. The lowest BCUT2D eigenvalue weighted by atomic mass is 10.4. The van der Waals surface area contributed by atoms with E-state index in [9.17, 15) is 4.79 Å². The first-order chi connectivity index (χ1) is 7.27. The molecule has 6 nitrogen and oxygen atoms in total. The first-order valence-corrected chi connectivity index (χ1v) is 4.21. The highest BCUT2D eigenvalue weighted by atomic mass is 16.4. The van der Waals surface area contributed by atoms with Crippen LogP contribution in [-0.2, 0) is 0 Å². The maximum Gasteiger partial charge on any atom is 0.306 e. The van der Waals surface area contributed by atoms with Gasteiger partial charge in [-0.05, 0) is 12.2 Å². The lowest BCUT2D eigenvalue weighted by Gasteiger charge is -1.98. The molecule has 2 heterocycles. The van der Waals surface area contributed by atoms with Crippen molar-refractivity contribution in [3.8, 4) is 0 Å². The zero-order valence-corrected chi connectivity index (χ0v) is 7.68. The van der Waals surface area contributed by atoms with E-state index in [1.165, 1.54) is 0 Å². The van der Waals surface area contributed by atoms with E-state index in [0.717, 1.165) is 0 Å². The summed E-state index contributed by atoms with van der Waals surface area (Å²) in [4.78, 5) is 10.7. The molecule has 1 aromatic rings. The molecule has 0 radical (unpaired) electrons. The molecule has 1 amide bonds. The van der Waals surface area contributed by atoms with E-state index in [1.807, 2.05) is 12.2 Å². The number of nitrogens with zero attached hydrogens (tertiary/aromatic N) is 2. The Labute approximate surface area is 85.2 Å². The summed E-state index contributed by atoms with van der Waals surface area (Å²) in [5, 5.41) is 10.1. The minimum atomic E-state index is -0.742. The molecule has 76 valence electrons. The number of nitrogens with two attached hydrogens (primary N) is 1. The second kappa shape index (κ2) is 3.79. The number of hydrogen-bond acceptors (Lipinski definition) is 5. The molecular formula is C9H8N4O2. The van der Waals surface area contributed by atoms with Gasteiger partial charge >= 0.3 is 11.8 Å². The van der Waals surface area contributed by atoms with Crippen LogP contribution in [0.25, 0.3) is 5.70 Å². The van der Waals surface area contributed by atoms with E-state index in [4.69, 9.17) is 10.2 Å². The molecule has 0 spiro atoms. The fourth-order valence-corrected chi connectivity index (χ4v) is 1.02. The van der Waals surface area contributed by atoms with Crippen LogP contribution < -0.4 is 11.1 Å². The van der Waals surface area contributed by atoms with Gasteiger partial charge in [-0.2, -0.15) is 0 Å². The quantitative estimate of drug-likeness (QED) is 0.716. The van der Waals surface area contributed by atoms with Gasteiger partial charge in [0.2, 0.25) is 0 Å². The van der Waals surface area contributed by atoms with E-state index in [1.54, 1.807) is 18.4 Å². The largest absolute Gasteiger partial charge is 0.411 e. The lowest BCUT2D eigenvalue weighted by Crippen LogP contribution is -2.11. The summed E-state index contributed by atoms with van der Waals surface area (Å²) in [6.45, 7) is 0. The second-order valence-electron chi connectivity index (χ2n) is 2.75. The monoisotopic (exact) mass is 204 g/mol. The Balaban J connectivity index is 2.29. The molecule has 2 rings (SSSR count). The fraction of sp³-hybridized carbons (Fsp3) is 0. The Hall–Kier alpha value is -2.37. The summed E-state index contributed by atoms with van der Waals surface area (Å²) in [7, 11) is 0. The summed E-state index contributed by atoms with van der Waals surface area (Å²) >= 11 is 0. The zero-order chi connectivity index (χ0) is 10.7. The highest BCUT2D eigenvalue weighted by molar-refractivity contribution is 5.87. The van der Waals surface area contributed by atoms with Crippen molar-refractivity contribution in [1.29, 1.82) is 0 Å². The number of primary amides is 1. The number of hydrogen-bond donors (Lipinski definition) is 2. The first-order valence-electron chi connectivity index (χ1n) is 4.21. The van der Waals surface area contributed by atoms with Crippen molar-refractivity contribution in [1.82, 2.24) is 15.5 Å². The van der Waals surface area contributed by atoms with Crippen molar-refractivity contribution in [3.05, 3.63) is 42.3 Å². The Kier molecular flexibility index (Phi) is 2.32. The SMILES string of the molecule is NC(=O)c1nnc(C2=CC=CC=CN2)o1. The Morgan fingerprint density at radius 3 is 2.93 bits per heavy atom. The molecule has 0 saturated heterocycles. The molecule has 0 unspecified atom stereocenters. The predicted molar refractivity (Wildman–Crippen MR) is 52.2 cm³/mol. The molecule has 0 saturated carbocycles. The van der Waals surface area contributed by atoms with Gasteiger partial charge in [0.15, 0.2) is 0 Å². The van der Waals surface area contributed by atoms with Crippen molar-refractivity contribution in [3.63, 3.8) is 0 Å². The molecule has 0 fully saturated rings. The molecule has 0 bridgehead atoms. The molecule has 0 aliphatic carbocycles. The van der Waals surface area contributed by atoms with Gasteiger partial charge in [-0.1, -0.05) is 12.2 Å². The summed E-state index contributed by atoms with van der Waals surface area (Å²) < 4.78 is 5.04. The molecule has 1 aliphatic rings. The van der Waals surface area contributed by atoms with Crippen molar-refractivity contribution in [2.75, 3.05) is 0 Å². The van der Waals surface area contributed by atoms with Crippen LogP contribution in [0.4, 0.5) is 0 Å². The molecule has 1 aromatic heterocycles. The first kappa shape index (κ1) is 9.20. The maximum atomic E-state index is 10.7. The van der Waals surface area contributed by atoms with Gasteiger partial charge in [0, 0.05) is 6.20 Å². The number of nitrogens with one attached hydrogen (secondary N) is 1. The van der Waals surface area contributed by atoms with Crippen molar-refractivity contribution >= 4 is 11.6 Å². The van der Waals surface area contributed by atoms with E-state index in [0.29, 0.717) is 5.70 Å². The maximum absolute atomic E-state index is 10.7. The third kappa shape index (κ3) is 1.93. The number of carbonyl (C=O) groups is 1. The third-order valence-electron chi connectivity index (χ3n) is 1.69. The van der Waals surface area contributed by atoms with Gasteiger partial charge in [0.05, 0.1) is 0 Å². The molecule has 6 heteroatoms. The Morgan fingerprint density at radius 2 is 2.20 bits per heavy atom. The van der Waals surface area contributed by atoms with Gasteiger partial charge in [-0.3, -0.25) is 4.79 Å². The van der Waals surface area contributed by atoms with Gasteiger partial charge in [-0.15, -0.1) is 10.2 Å². The molecule has 0 atom stereocenters. The summed E-state index contributed by atoms with van der Waals surface area (Å²) in [5.41, 5.74) is 5.60. The fourth-order valence-electron chi connectivity index (χ4n) is 1.02. The number of aromatic nitrogens is 2. The summed E-state index contributed by atoms with van der Waals surface area (Å²) in [5.74, 6) is -0.723. The van der Waals surface area contributed by atoms with E-state index in [-0.39, 0.29) is 11.8 Å². The van der Waals surface area contributed by atoms with E-state index in [2.05, 4.69) is 15.5 Å². The number of amides is 1. The summed E-state index contributed by atoms with van der Waals surface area (Å²) in [6.07, 6.45) is 8.92. The average Bonchev–Trinajstić information content (AvgIpc) is 2.55. The van der Waals surface area contributed by atoms with Crippen LogP contribution in [-0.4, -0.2) is 16.1 Å². The van der Waals surface area contributed by atoms with Gasteiger partial charge in [-0.25, -0.2) is 0 Å². The average molecular weight is 204 g/mol. The van der Waals surface area contributed by atoms with Crippen LogP contribution in [0.15, 0.2) is 34.9 Å². The highest BCUT2D eigenvalue weighted by Gasteiger charge is 2.13. The van der Waals surface area contributed by atoms with E-state index >= 15 is 0 Å². The van der Waals surface area contributed by atoms with Crippen LogP contribution in [0.5, 0.6) is 0 Å². The Bertz CT molecular complexity index is 470. The molecule has 1 aliphatic heterocycles. The lowest BCUT2D eigenvalue weighted by molar-refractivity contribution is 0.0966. The molecule has 3 N–H and O–H groups in total. The minimum Gasteiger partial charge on any atom is -0.411 e. The number of carbonyl (C=O) groups excluding carboxylic acids is 1. The number of rotatable bonds is 2. The van der Waals surface area contributed by atoms with Crippen LogP contribution in [0.3, 0.4) is 0 Å². The van der Waals surface area contributed by atoms with Crippen LogP contribution in [0, 0.1) is 0 Å². The predicted octanol–water partition coefficient (Wildman–Crippen LogP) is 0.182. The Morgan fingerprint density at radius 1 is 1.33 bits per heavy atom.